The first kappa shape index (κ1) is 9.86. The predicted molar refractivity (Wildman–Crippen MR) is 56.4 cm³/mol. The zero-order valence-corrected chi connectivity index (χ0v) is 9.00. The summed E-state index contributed by atoms with van der Waals surface area (Å²) in [6, 6.07) is 0. The van der Waals surface area contributed by atoms with Gasteiger partial charge in [0.25, 0.3) is 0 Å². The van der Waals surface area contributed by atoms with Gasteiger partial charge in [0.1, 0.15) is 0 Å². The van der Waals surface area contributed by atoms with Crippen molar-refractivity contribution in [3.8, 4) is 5.92 Å². The number of hydrogen-bond acceptors (Lipinski definition) is 0. The van der Waals surface area contributed by atoms with Crippen molar-refractivity contribution in [2.45, 2.75) is 34.6 Å². The molecule has 0 amide bonds. The zero-order valence-electron chi connectivity index (χ0n) is 9.00. The molecule has 0 unspecified atom stereocenters. The van der Waals surface area contributed by atoms with Crippen molar-refractivity contribution < 1.29 is 0 Å². The summed E-state index contributed by atoms with van der Waals surface area (Å²) in [4.78, 5) is 0. The van der Waals surface area contributed by atoms with E-state index < -0.39 is 0 Å². The molecule has 0 aliphatic carbocycles. The Bertz CT molecular complexity index is 360. The van der Waals surface area contributed by atoms with Crippen LogP contribution in [0.2, 0.25) is 0 Å². The third-order valence-electron chi connectivity index (χ3n) is 3.12. The summed E-state index contributed by atoms with van der Waals surface area (Å²) in [6.45, 7) is 10.5. The smallest absolute Gasteiger partial charge is 0.0319 e. The molecule has 1 rings (SSSR count). The van der Waals surface area contributed by atoms with Gasteiger partial charge in [0.15, 0.2) is 0 Å². The van der Waals surface area contributed by atoms with Crippen LogP contribution in [0.4, 0.5) is 0 Å². The highest BCUT2D eigenvalue weighted by Gasteiger charge is 2.09. The van der Waals surface area contributed by atoms with Crippen LogP contribution in [-0.2, 0) is 0 Å². The second-order valence-electron chi connectivity index (χ2n) is 3.62. The largest absolute Gasteiger partial charge is 0.0523 e. The Labute approximate surface area is 81.0 Å². The lowest BCUT2D eigenvalue weighted by atomic mass is 9.90. The van der Waals surface area contributed by atoms with Crippen LogP contribution < -0.4 is 0 Å². The van der Waals surface area contributed by atoms with E-state index in [0.717, 1.165) is 5.56 Å². The van der Waals surface area contributed by atoms with Crippen LogP contribution in [0.25, 0.3) is 0 Å². The second-order valence-corrected chi connectivity index (χ2v) is 3.62. The molecule has 13 heavy (non-hydrogen) atoms. The van der Waals surface area contributed by atoms with Gasteiger partial charge in [0.2, 0.25) is 0 Å². The Kier molecular flexibility index (Phi) is 2.48. The van der Waals surface area contributed by atoms with Crippen molar-refractivity contribution in [2.24, 2.45) is 0 Å². The van der Waals surface area contributed by atoms with Crippen molar-refractivity contribution in [2.75, 3.05) is 0 Å². The van der Waals surface area contributed by atoms with Gasteiger partial charge < -0.3 is 0 Å². The molecule has 0 bridgehead atoms. The molecule has 0 aliphatic heterocycles. The molecule has 0 fully saturated rings. The van der Waals surface area contributed by atoms with Gasteiger partial charge in [-0.2, -0.15) is 0 Å². The quantitative estimate of drug-likeness (QED) is 0.526. The van der Waals surface area contributed by atoms with E-state index in [-0.39, 0.29) is 0 Å². The van der Waals surface area contributed by atoms with Gasteiger partial charge in [-0.15, -0.1) is 0 Å². The van der Waals surface area contributed by atoms with Crippen molar-refractivity contribution in [1.29, 1.82) is 0 Å². The van der Waals surface area contributed by atoms with Gasteiger partial charge in [-0.1, -0.05) is 5.92 Å². The highest BCUT2D eigenvalue weighted by Crippen LogP contribution is 2.24. The molecule has 0 spiro atoms. The van der Waals surface area contributed by atoms with E-state index in [9.17, 15) is 0 Å². The first-order valence-electron chi connectivity index (χ1n) is 4.50. The molecule has 1 aromatic carbocycles. The third kappa shape index (κ3) is 1.35. The van der Waals surface area contributed by atoms with Gasteiger partial charge in [-0.3, -0.25) is 0 Å². The summed E-state index contributed by atoms with van der Waals surface area (Å²) < 4.78 is 0. The van der Waals surface area contributed by atoms with Gasteiger partial charge in [0, 0.05) is 5.56 Å². The van der Waals surface area contributed by atoms with E-state index in [1.54, 1.807) is 0 Å². The van der Waals surface area contributed by atoms with E-state index in [2.05, 4.69) is 40.5 Å². The van der Waals surface area contributed by atoms with Crippen molar-refractivity contribution in [1.82, 2.24) is 0 Å². The lowest BCUT2D eigenvalue weighted by Gasteiger charge is -2.14. The summed E-state index contributed by atoms with van der Waals surface area (Å²) in [6.07, 6.45) is 7.24. The topological polar surface area (TPSA) is 0 Å². The average Bonchev–Trinajstić information content (AvgIpc) is 2.13. The van der Waals surface area contributed by atoms with E-state index >= 15 is 0 Å². The molecular weight excluding hydrogens is 156 g/mol. The van der Waals surface area contributed by atoms with Crippen LogP contribution in [-0.4, -0.2) is 0 Å². The fourth-order valence-electron chi connectivity index (χ4n) is 1.69. The van der Waals surface area contributed by atoms with Gasteiger partial charge in [-0.25, -0.2) is 0 Å². The molecule has 0 atom stereocenters. The Morgan fingerprint density at radius 2 is 1.00 bits per heavy atom. The zero-order chi connectivity index (χ0) is 10.2. The van der Waals surface area contributed by atoms with Crippen LogP contribution >= 0.6 is 0 Å². The van der Waals surface area contributed by atoms with Crippen LogP contribution in [0.3, 0.4) is 0 Å². The highest BCUT2D eigenvalue weighted by molar-refractivity contribution is 5.54. The summed E-state index contributed by atoms with van der Waals surface area (Å²) >= 11 is 0. The first-order chi connectivity index (χ1) is 6.00. The van der Waals surface area contributed by atoms with Crippen molar-refractivity contribution >= 4 is 0 Å². The minimum absolute atomic E-state index is 0.959. The molecule has 0 saturated heterocycles. The van der Waals surface area contributed by atoms with E-state index in [0.29, 0.717) is 0 Å². The molecule has 0 aromatic heterocycles. The van der Waals surface area contributed by atoms with E-state index in [1.165, 1.54) is 27.8 Å². The lowest BCUT2D eigenvalue weighted by molar-refractivity contribution is 1.16. The first-order valence-corrected chi connectivity index (χ1v) is 4.50. The molecule has 0 aliphatic rings. The molecule has 0 N–H and O–H groups in total. The average molecular weight is 171 g/mol. The minimum Gasteiger partial charge on any atom is -0.0523 e. The molecule has 0 heteroatoms. The Hall–Kier alpha value is -1.22. The number of hydrogen-bond donors (Lipinski definition) is 0. The van der Waals surface area contributed by atoms with E-state index in [1.807, 2.05) is 0 Å². The lowest BCUT2D eigenvalue weighted by Crippen LogP contribution is -1.99. The molecule has 1 aromatic rings. The summed E-state index contributed by atoms with van der Waals surface area (Å²) in [5.41, 5.74) is 7.26. The maximum absolute atomic E-state index is 7.24. The Balaban J connectivity index is 3.69. The van der Waals surface area contributed by atoms with Crippen molar-refractivity contribution in [3.63, 3.8) is 0 Å². The van der Waals surface area contributed by atoms with Crippen LogP contribution in [0, 0.1) is 47.0 Å². The maximum atomic E-state index is 7.24. The Morgan fingerprint density at radius 1 is 0.692 bits per heavy atom. The molecular formula is C13H15. The fraction of sp³-hybridized carbons (Fsp3) is 0.385. The standard InChI is InChI=1S/C13H15/c1-7-13-11(5)9(3)8(2)10(4)12(13)6/h2-6H3. The van der Waals surface area contributed by atoms with Crippen LogP contribution in [0.5, 0.6) is 0 Å². The van der Waals surface area contributed by atoms with Crippen LogP contribution in [0.1, 0.15) is 33.4 Å². The fourth-order valence-corrected chi connectivity index (χ4v) is 1.69. The Morgan fingerprint density at radius 3 is 1.31 bits per heavy atom. The normalized spacial score (nSPS) is 9.85. The predicted octanol–water partition coefficient (Wildman–Crippen LogP) is 3.17. The monoisotopic (exact) mass is 171 g/mol. The maximum Gasteiger partial charge on any atom is 0.0319 e. The van der Waals surface area contributed by atoms with Crippen molar-refractivity contribution in [3.05, 3.63) is 39.8 Å². The second kappa shape index (κ2) is 3.26. The summed E-state index contributed by atoms with van der Waals surface area (Å²) in [5, 5.41) is 0. The molecule has 67 valence electrons. The number of benzene rings is 1. The summed E-state index contributed by atoms with van der Waals surface area (Å²) in [5.74, 6) is 2.52. The number of rotatable bonds is 0. The van der Waals surface area contributed by atoms with Gasteiger partial charge >= 0.3 is 0 Å². The third-order valence-corrected chi connectivity index (χ3v) is 3.12. The highest BCUT2D eigenvalue weighted by atomic mass is 14.1. The van der Waals surface area contributed by atoms with Gasteiger partial charge in [0.05, 0.1) is 0 Å². The molecule has 0 saturated carbocycles. The minimum atomic E-state index is 0.959. The summed E-state index contributed by atoms with van der Waals surface area (Å²) in [7, 11) is 0. The van der Waals surface area contributed by atoms with Crippen LogP contribution in [0.15, 0.2) is 0 Å². The SMILES string of the molecule is [C]#Cc1c(C)c(C)c(C)c(C)c1C. The van der Waals surface area contributed by atoms with E-state index in [4.69, 9.17) is 6.42 Å². The molecule has 0 nitrogen and oxygen atoms in total. The van der Waals surface area contributed by atoms with Gasteiger partial charge in [-0.05, 0) is 68.9 Å². The molecule has 1 radical (unpaired) electrons. The molecule has 0 heterocycles.